The monoisotopic (exact) mass is 415 g/mol. The van der Waals surface area contributed by atoms with E-state index in [4.69, 9.17) is 21.1 Å². The summed E-state index contributed by atoms with van der Waals surface area (Å²) in [7, 11) is 0. The summed E-state index contributed by atoms with van der Waals surface area (Å²) < 4.78 is 48.3. The zero-order valence-electron chi connectivity index (χ0n) is 15.0. The van der Waals surface area contributed by atoms with Crippen molar-refractivity contribution in [2.75, 3.05) is 18.5 Å². The average molecular weight is 416 g/mol. The first kappa shape index (κ1) is 21.6. The third-order valence-corrected chi connectivity index (χ3v) is 4.16. The van der Waals surface area contributed by atoms with E-state index in [0.29, 0.717) is 11.8 Å². The van der Waals surface area contributed by atoms with Crippen molar-refractivity contribution in [1.82, 2.24) is 0 Å². The van der Waals surface area contributed by atoms with E-state index in [2.05, 4.69) is 5.32 Å². The van der Waals surface area contributed by atoms with Gasteiger partial charge in [-0.1, -0.05) is 23.7 Å². The molecule has 5 nitrogen and oxygen atoms in total. The highest BCUT2D eigenvalue weighted by atomic mass is 35.5. The van der Waals surface area contributed by atoms with Gasteiger partial charge in [-0.2, -0.15) is 13.2 Å². The third-order valence-electron chi connectivity index (χ3n) is 3.83. The molecule has 0 spiro atoms. The zero-order chi connectivity index (χ0) is 20.9. The van der Waals surface area contributed by atoms with Gasteiger partial charge < -0.3 is 14.8 Å². The topological polar surface area (TPSA) is 64.6 Å². The Morgan fingerprint density at radius 2 is 1.82 bits per heavy atom. The molecule has 0 saturated carbocycles. The number of ether oxygens (including phenoxy) is 2. The van der Waals surface area contributed by atoms with Crippen molar-refractivity contribution in [3.8, 4) is 5.75 Å². The van der Waals surface area contributed by atoms with Gasteiger partial charge in [0.05, 0.1) is 16.3 Å². The Labute approximate surface area is 164 Å². The Morgan fingerprint density at radius 3 is 2.50 bits per heavy atom. The molecular weight excluding hydrogens is 399 g/mol. The number of nitrogens with one attached hydrogen (secondary N) is 1. The molecule has 1 amide bonds. The lowest BCUT2D eigenvalue weighted by atomic mass is 10.1. The molecule has 2 aromatic rings. The fourth-order valence-electron chi connectivity index (χ4n) is 2.19. The Morgan fingerprint density at radius 1 is 1.11 bits per heavy atom. The summed E-state index contributed by atoms with van der Waals surface area (Å²) in [5.74, 6) is -1.12. The lowest BCUT2D eigenvalue weighted by Crippen LogP contribution is -2.24. The van der Waals surface area contributed by atoms with Gasteiger partial charge in [0.25, 0.3) is 5.91 Å². The lowest BCUT2D eigenvalue weighted by Gasteiger charge is -2.12. The highest BCUT2D eigenvalue weighted by Crippen LogP contribution is 2.33. The molecule has 0 aliphatic rings. The van der Waals surface area contributed by atoms with Crippen LogP contribution in [0.5, 0.6) is 5.75 Å². The molecule has 0 aliphatic carbocycles. The van der Waals surface area contributed by atoms with Crippen LogP contribution in [0.3, 0.4) is 0 Å². The van der Waals surface area contributed by atoms with Crippen molar-refractivity contribution < 1.29 is 32.2 Å². The standard InChI is InChI=1S/C19H17ClF3NO4/c1-11-4-3-5-16(12(11)2)27-10-18(26)28-9-17(25)24-15-8-13(19(21,22)23)6-7-14(15)20/h3-8H,9-10H2,1-2H3,(H,24,25). The fraction of sp³-hybridized carbons (Fsp3) is 0.263. The smallest absolute Gasteiger partial charge is 0.416 e. The fourth-order valence-corrected chi connectivity index (χ4v) is 2.35. The predicted molar refractivity (Wildman–Crippen MR) is 97.5 cm³/mol. The molecule has 0 radical (unpaired) electrons. The van der Waals surface area contributed by atoms with Crippen LogP contribution in [0.2, 0.25) is 5.02 Å². The zero-order valence-corrected chi connectivity index (χ0v) is 15.8. The minimum absolute atomic E-state index is 0.0778. The highest BCUT2D eigenvalue weighted by molar-refractivity contribution is 6.33. The average Bonchev–Trinajstić information content (AvgIpc) is 2.62. The largest absolute Gasteiger partial charge is 0.482 e. The van der Waals surface area contributed by atoms with E-state index in [1.165, 1.54) is 0 Å². The quantitative estimate of drug-likeness (QED) is 0.704. The van der Waals surface area contributed by atoms with Crippen molar-refractivity contribution in [3.63, 3.8) is 0 Å². The normalized spacial score (nSPS) is 11.1. The van der Waals surface area contributed by atoms with E-state index in [9.17, 15) is 22.8 Å². The van der Waals surface area contributed by atoms with Crippen LogP contribution >= 0.6 is 11.6 Å². The van der Waals surface area contributed by atoms with Gasteiger partial charge in [0, 0.05) is 0 Å². The molecule has 9 heteroatoms. The van der Waals surface area contributed by atoms with Gasteiger partial charge >= 0.3 is 12.1 Å². The van der Waals surface area contributed by atoms with E-state index < -0.39 is 36.8 Å². The second kappa shape index (κ2) is 8.97. The van der Waals surface area contributed by atoms with Crippen LogP contribution < -0.4 is 10.1 Å². The molecular formula is C19H17ClF3NO4. The van der Waals surface area contributed by atoms with Gasteiger partial charge in [-0.25, -0.2) is 4.79 Å². The summed E-state index contributed by atoms with van der Waals surface area (Å²) in [6, 6.07) is 7.87. The van der Waals surface area contributed by atoms with Crippen LogP contribution in [0.4, 0.5) is 18.9 Å². The highest BCUT2D eigenvalue weighted by Gasteiger charge is 2.31. The molecule has 0 heterocycles. The van der Waals surface area contributed by atoms with E-state index in [0.717, 1.165) is 23.3 Å². The number of carbonyl (C=O) groups excluding carboxylic acids is 2. The molecule has 0 saturated heterocycles. The van der Waals surface area contributed by atoms with Crippen molar-refractivity contribution in [3.05, 3.63) is 58.1 Å². The summed E-state index contributed by atoms with van der Waals surface area (Å²) >= 11 is 5.79. The van der Waals surface area contributed by atoms with Crippen LogP contribution in [-0.2, 0) is 20.5 Å². The Kier molecular flexibility index (Phi) is 6.90. The molecule has 0 aromatic heterocycles. The molecule has 2 aromatic carbocycles. The number of benzene rings is 2. The molecule has 0 bridgehead atoms. The predicted octanol–water partition coefficient (Wildman–Crippen LogP) is 4.54. The summed E-state index contributed by atoms with van der Waals surface area (Å²) in [6.07, 6.45) is -4.58. The number of anilines is 1. The van der Waals surface area contributed by atoms with Gasteiger partial charge in [0.1, 0.15) is 5.75 Å². The number of carbonyl (C=O) groups is 2. The molecule has 0 fully saturated rings. The van der Waals surface area contributed by atoms with Gasteiger partial charge in [-0.3, -0.25) is 4.79 Å². The van der Waals surface area contributed by atoms with Crippen molar-refractivity contribution >= 4 is 29.2 Å². The van der Waals surface area contributed by atoms with Crippen LogP contribution in [0.25, 0.3) is 0 Å². The summed E-state index contributed by atoms with van der Waals surface area (Å²) in [6.45, 7) is 2.62. The number of halogens is 4. The first-order valence-corrected chi connectivity index (χ1v) is 8.47. The third kappa shape index (κ3) is 5.88. The Balaban J connectivity index is 1.87. The van der Waals surface area contributed by atoms with Crippen LogP contribution in [0.15, 0.2) is 36.4 Å². The molecule has 2 rings (SSSR count). The van der Waals surface area contributed by atoms with Gasteiger partial charge in [-0.05, 0) is 49.2 Å². The van der Waals surface area contributed by atoms with Gasteiger partial charge in [0.2, 0.25) is 0 Å². The maximum atomic E-state index is 12.7. The summed E-state index contributed by atoms with van der Waals surface area (Å²) in [5, 5.41) is 2.10. The van der Waals surface area contributed by atoms with E-state index in [1.54, 1.807) is 12.1 Å². The van der Waals surface area contributed by atoms with Gasteiger partial charge in [0.15, 0.2) is 13.2 Å². The molecule has 28 heavy (non-hydrogen) atoms. The number of amides is 1. The summed E-state index contributed by atoms with van der Waals surface area (Å²) in [4.78, 5) is 23.6. The number of hydrogen-bond acceptors (Lipinski definition) is 4. The van der Waals surface area contributed by atoms with Crippen LogP contribution in [0.1, 0.15) is 16.7 Å². The van der Waals surface area contributed by atoms with Crippen molar-refractivity contribution in [1.29, 1.82) is 0 Å². The number of esters is 1. The molecule has 0 atom stereocenters. The van der Waals surface area contributed by atoms with Crippen molar-refractivity contribution in [2.45, 2.75) is 20.0 Å². The molecule has 1 N–H and O–H groups in total. The van der Waals surface area contributed by atoms with E-state index in [-0.39, 0.29) is 10.7 Å². The Hall–Kier alpha value is -2.74. The molecule has 0 unspecified atom stereocenters. The minimum atomic E-state index is -4.58. The number of rotatable bonds is 6. The first-order chi connectivity index (χ1) is 13.1. The minimum Gasteiger partial charge on any atom is -0.482 e. The molecule has 0 aliphatic heterocycles. The van der Waals surface area contributed by atoms with Gasteiger partial charge in [-0.15, -0.1) is 0 Å². The van der Waals surface area contributed by atoms with Crippen molar-refractivity contribution in [2.24, 2.45) is 0 Å². The number of hydrogen-bond donors (Lipinski definition) is 1. The van der Waals surface area contributed by atoms with Crippen LogP contribution in [-0.4, -0.2) is 25.1 Å². The maximum Gasteiger partial charge on any atom is 0.416 e. The maximum absolute atomic E-state index is 12.7. The second-order valence-corrected chi connectivity index (χ2v) is 6.30. The second-order valence-electron chi connectivity index (χ2n) is 5.89. The number of aryl methyl sites for hydroxylation is 1. The first-order valence-electron chi connectivity index (χ1n) is 8.09. The number of alkyl halides is 3. The van der Waals surface area contributed by atoms with E-state index in [1.807, 2.05) is 19.9 Å². The lowest BCUT2D eigenvalue weighted by molar-refractivity contribution is -0.149. The van der Waals surface area contributed by atoms with Crippen LogP contribution in [0, 0.1) is 13.8 Å². The van der Waals surface area contributed by atoms with E-state index >= 15 is 0 Å². The summed E-state index contributed by atoms with van der Waals surface area (Å²) in [5.41, 5.74) is 0.658. The molecule has 150 valence electrons. The Bertz CT molecular complexity index is 884. The SMILES string of the molecule is Cc1cccc(OCC(=O)OCC(=O)Nc2cc(C(F)(F)F)ccc2Cl)c1C.